The summed E-state index contributed by atoms with van der Waals surface area (Å²) in [4.78, 5) is 14.2. The van der Waals surface area contributed by atoms with Crippen LogP contribution in [0.2, 0.25) is 0 Å². The number of hydrogen-bond acceptors (Lipinski definition) is 2. The van der Waals surface area contributed by atoms with Crippen LogP contribution >= 0.6 is 0 Å². The maximum atomic E-state index is 13.2. The predicted molar refractivity (Wildman–Crippen MR) is 80.1 cm³/mol. The van der Waals surface area contributed by atoms with Crippen LogP contribution in [-0.2, 0) is 24.2 Å². The molecule has 2 aromatic carbocycles. The zero-order valence-corrected chi connectivity index (χ0v) is 11.7. The molecule has 0 bridgehead atoms. The molecule has 2 N–H and O–H groups in total. The van der Waals surface area contributed by atoms with E-state index in [4.69, 9.17) is 5.73 Å². The van der Waals surface area contributed by atoms with E-state index in [1.165, 1.54) is 12.1 Å². The molecule has 0 saturated heterocycles. The quantitative estimate of drug-likeness (QED) is 0.861. The van der Waals surface area contributed by atoms with E-state index in [1.807, 2.05) is 23.1 Å². The second-order valence-electron chi connectivity index (χ2n) is 5.36. The van der Waals surface area contributed by atoms with Gasteiger partial charge in [0.2, 0.25) is 5.91 Å². The van der Waals surface area contributed by atoms with Gasteiger partial charge >= 0.3 is 0 Å². The molecule has 108 valence electrons. The Morgan fingerprint density at radius 3 is 2.86 bits per heavy atom. The fourth-order valence-electron chi connectivity index (χ4n) is 2.79. The van der Waals surface area contributed by atoms with Gasteiger partial charge in [0, 0.05) is 18.8 Å². The molecule has 3 nitrogen and oxygen atoms in total. The van der Waals surface area contributed by atoms with Crippen molar-refractivity contribution in [3.8, 4) is 0 Å². The summed E-state index contributed by atoms with van der Waals surface area (Å²) in [6.07, 6.45) is 1.01. The van der Waals surface area contributed by atoms with Crippen LogP contribution in [0.25, 0.3) is 0 Å². The lowest BCUT2D eigenvalue weighted by atomic mass is 9.97. The van der Waals surface area contributed by atoms with Crippen molar-refractivity contribution in [2.45, 2.75) is 19.4 Å². The lowest BCUT2D eigenvalue weighted by Gasteiger charge is -2.29. The number of benzene rings is 2. The van der Waals surface area contributed by atoms with Gasteiger partial charge in [0.25, 0.3) is 0 Å². The van der Waals surface area contributed by atoms with Gasteiger partial charge in [-0.2, -0.15) is 0 Å². The molecule has 0 unspecified atom stereocenters. The van der Waals surface area contributed by atoms with Crippen LogP contribution in [0.3, 0.4) is 0 Å². The van der Waals surface area contributed by atoms with Crippen LogP contribution in [0.4, 0.5) is 10.1 Å². The van der Waals surface area contributed by atoms with E-state index in [1.54, 1.807) is 12.1 Å². The number of carbonyl (C=O) groups is 1. The van der Waals surface area contributed by atoms with Crippen LogP contribution in [0.15, 0.2) is 42.5 Å². The zero-order chi connectivity index (χ0) is 14.8. The number of halogens is 1. The summed E-state index contributed by atoms with van der Waals surface area (Å²) in [6.45, 7) is 1.24. The molecule has 1 heterocycles. The number of nitrogens with two attached hydrogens (primary N) is 1. The first-order chi connectivity index (χ1) is 10.1. The van der Waals surface area contributed by atoms with Crippen molar-refractivity contribution in [2.75, 3.05) is 12.3 Å². The van der Waals surface area contributed by atoms with Crippen LogP contribution in [0, 0.1) is 5.82 Å². The molecule has 1 aliphatic rings. The Hall–Kier alpha value is -2.36. The summed E-state index contributed by atoms with van der Waals surface area (Å²) in [5.74, 6) is -0.286. The lowest BCUT2D eigenvalue weighted by molar-refractivity contribution is -0.131. The minimum absolute atomic E-state index is 0.0219. The summed E-state index contributed by atoms with van der Waals surface area (Å²) in [6, 6.07) is 12.0. The van der Waals surface area contributed by atoms with E-state index >= 15 is 0 Å². The summed E-state index contributed by atoms with van der Waals surface area (Å²) < 4.78 is 13.2. The SMILES string of the molecule is Nc1cccc2c1CCN(C(=O)Cc1cccc(F)c1)C2. The van der Waals surface area contributed by atoms with Gasteiger partial charge in [-0.3, -0.25) is 4.79 Å². The highest BCUT2D eigenvalue weighted by Crippen LogP contribution is 2.24. The van der Waals surface area contributed by atoms with E-state index in [-0.39, 0.29) is 18.1 Å². The molecule has 2 aromatic rings. The molecular weight excluding hydrogens is 267 g/mol. The third-order valence-electron chi connectivity index (χ3n) is 3.90. The Balaban J connectivity index is 1.72. The van der Waals surface area contributed by atoms with Gasteiger partial charge in [0.05, 0.1) is 6.42 Å². The maximum Gasteiger partial charge on any atom is 0.227 e. The van der Waals surface area contributed by atoms with Gasteiger partial charge in [-0.1, -0.05) is 24.3 Å². The average Bonchev–Trinajstić information content (AvgIpc) is 2.47. The molecule has 1 amide bonds. The van der Waals surface area contributed by atoms with Crippen LogP contribution < -0.4 is 5.73 Å². The van der Waals surface area contributed by atoms with Gasteiger partial charge < -0.3 is 10.6 Å². The third kappa shape index (κ3) is 2.89. The first-order valence-electron chi connectivity index (χ1n) is 7.02. The molecule has 0 atom stereocenters. The molecule has 1 aliphatic heterocycles. The Morgan fingerprint density at radius 2 is 2.05 bits per heavy atom. The van der Waals surface area contributed by atoms with Crippen LogP contribution in [-0.4, -0.2) is 17.4 Å². The highest BCUT2D eigenvalue weighted by atomic mass is 19.1. The van der Waals surface area contributed by atoms with Gasteiger partial charge in [0.1, 0.15) is 5.82 Å². The number of anilines is 1. The summed E-state index contributed by atoms with van der Waals surface area (Å²) in [5.41, 5.74) is 9.71. The number of hydrogen-bond donors (Lipinski definition) is 1. The van der Waals surface area contributed by atoms with Crippen molar-refractivity contribution in [2.24, 2.45) is 0 Å². The first-order valence-corrected chi connectivity index (χ1v) is 7.02. The first kappa shape index (κ1) is 13.6. The molecule has 0 saturated carbocycles. The van der Waals surface area contributed by atoms with Crippen LogP contribution in [0.5, 0.6) is 0 Å². The minimum atomic E-state index is -0.308. The fraction of sp³-hybridized carbons (Fsp3) is 0.235. The summed E-state index contributed by atoms with van der Waals surface area (Å²) >= 11 is 0. The molecule has 3 rings (SSSR count). The van der Waals surface area contributed by atoms with E-state index in [2.05, 4.69) is 0 Å². The monoisotopic (exact) mass is 284 g/mol. The molecule has 4 heteroatoms. The van der Waals surface area contributed by atoms with Gasteiger partial charge in [-0.25, -0.2) is 4.39 Å². The Morgan fingerprint density at radius 1 is 1.24 bits per heavy atom. The lowest BCUT2D eigenvalue weighted by Crippen LogP contribution is -2.37. The molecular formula is C17H17FN2O. The average molecular weight is 284 g/mol. The zero-order valence-electron chi connectivity index (χ0n) is 11.7. The summed E-state index contributed by atoms with van der Waals surface area (Å²) in [7, 11) is 0. The normalized spacial score (nSPS) is 13.9. The molecule has 21 heavy (non-hydrogen) atoms. The Kier molecular flexibility index (Phi) is 3.60. The smallest absolute Gasteiger partial charge is 0.227 e. The Bertz CT molecular complexity index is 684. The molecule has 0 radical (unpaired) electrons. The van der Waals surface area contributed by atoms with Crippen molar-refractivity contribution in [1.82, 2.24) is 4.90 Å². The highest BCUT2D eigenvalue weighted by Gasteiger charge is 2.21. The molecule has 0 spiro atoms. The largest absolute Gasteiger partial charge is 0.398 e. The highest BCUT2D eigenvalue weighted by molar-refractivity contribution is 5.79. The van der Waals surface area contributed by atoms with Crippen molar-refractivity contribution in [3.05, 3.63) is 65.0 Å². The topological polar surface area (TPSA) is 46.3 Å². The molecule has 0 aliphatic carbocycles. The van der Waals surface area contributed by atoms with Crippen LogP contribution in [0.1, 0.15) is 16.7 Å². The van der Waals surface area contributed by atoms with E-state index in [9.17, 15) is 9.18 Å². The van der Waals surface area contributed by atoms with E-state index in [0.717, 1.165) is 23.2 Å². The number of carbonyl (C=O) groups excluding carboxylic acids is 1. The minimum Gasteiger partial charge on any atom is -0.398 e. The van der Waals surface area contributed by atoms with Crippen molar-refractivity contribution >= 4 is 11.6 Å². The molecule has 0 fully saturated rings. The van der Waals surface area contributed by atoms with Gasteiger partial charge in [-0.15, -0.1) is 0 Å². The number of amides is 1. The summed E-state index contributed by atoms with van der Waals surface area (Å²) in [5, 5.41) is 0. The predicted octanol–water partition coefficient (Wildman–Crippen LogP) is 2.54. The second-order valence-corrected chi connectivity index (χ2v) is 5.36. The van der Waals surface area contributed by atoms with Gasteiger partial charge in [0.15, 0.2) is 0 Å². The van der Waals surface area contributed by atoms with Gasteiger partial charge in [-0.05, 0) is 41.3 Å². The second kappa shape index (κ2) is 5.56. The number of rotatable bonds is 2. The van der Waals surface area contributed by atoms with E-state index in [0.29, 0.717) is 18.7 Å². The van der Waals surface area contributed by atoms with Crippen molar-refractivity contribution in [3.63, 3.8) is 0 Å². The standard InChI is InChI=1S/C17H17FN2O/c18-14-5-1-3-12(9-14)10-17(21)20-8-7-15-13(11-20)4-2-6-16(15)19/h1-6,9H,7-8,10-11,19H2. The number of fused-ring (bicyclic) bond motifs is 1. The maximum absolute atomic E-state index is 13.2. The number of nitrogens with zero attached hydrogens (tertiary/aromatic N) is 1. The van der Waals surface area contributed by atoms with Crippen molar-refractivity contribution in [1.29, 1.82) is 0 Å². The number of nitrogen functional groups attached to an aromatic ring is 1. The Labute approximate surface area is 123 Å². The fourth-order valence-corrected chi connectivity index (χ4v) is 2.79. The molecule has 0 aromatic heterocycles. The van der Waals surface area contributed by atoms with E-state index < -0.39 is 0 Å². The third-order valence-corrected chi connectivity index (χ3v) is 3.90. The van der Waals surface area contributed by atoms with Crippen molar-refractivity contribution < 1.29 is 9.18 Å².